The van der Waals surface area contributed by atoms with E-state index in [1.165, 1.54) is 56.6 Å². The number of hydrogen-bond donors (Lipinski definition) is 0. The van der Waals surface area contributed by atoms with Crippen LogP contribution in [-0.4, -0.2) is 77.8 Å². The smallest absolute Gasteiger partial charge is 0.411 e. The number of rotatable bonds is 8. The molecule has 1 aromatic heterocycles. The minimum atomic E-state index is -4.69. The van der Waals surface area contributed by atoms with Gasteiger partial charge < -0.3 is 28.7 Å². The second-order valence-electron chi connectivity index (χ2n) is 11.1. The van der Waals surface area contributed by atoms with E-state index in [9.17, 15) is 13.2 Å². The maximum absolute atomic E-state index is 15.0. The summed E-state index contributed by atoms with van der Waals surface area (Å²) in [5, 5.41) is 0.240. The Balaban J connectivity index is 1.49. The van der Waals surface area contributed by atoms with E-state index in [0.29, 0.717) is 28.7 Å². The fourth-order valence-electron chi connectivity index (χ4n) is 6.06. The first kappa shape index (κ1) is 32.9. The zero-order valence-electron chi connectivity index (χ0n) is 26.7. The highest BCUT2D eigenvalue weighted by atomic mass is 35.5. The summed E-state index contributed by atoms with van der Waals surface area (Å²) in [6, 6.07) is 17.4. The number of carbonyl (C=O) groups is 2. The standard InChI is InChI=1S/C34H33ClN4O8S/c1-22-19-28-26(21-27(22)35)34(25-7-5-6-8-29(25)45-3,47-33(41)38-17-15-37(16-18-38)23-11-13-36-14-12-23)32(40)39(28)48(42,43)31-10-9-24(44-2)20-30(31)46-4/h5-14,19-21H,15-18H2,1-4H3. The number of benzene rings is 3. The summed E-state index contributed by atoms with van der Waals surface area (Å²) >= 11 is 6.64. The Kier molecular flexibility index (Phi) is 8.84. The number of ether oxygens (including phenoxy) is 4. The van der Waals surface area contributed by atoms with E-state index in [-0.39, 0.29) is 51.3 Å². The van der Waals surface area contributed by atoms with Crippen molar-refractivity contribution in [3.63, 3.8) is 0 Å². The number of pyridine rings is 1. The molecule has 2 aliphatic heterocycles. The van der Waals surface area contributed by atoms with E-state index in [1.807, 2.05) is 12.1 Å². The van der Waals surface area contributed by atoms with Crippen LogP contribution >= 0.6 is 11.6 Å². The predicted octanol–water partition coefficient (Wildman–Crippen LogP) is 5.01. The quantitative estimate of drug-likeness (QED) is 0.249. The van der Waals surface area contributed by atoms with Crippen molar-refractivity contribution < 1.29 is 37.0 Å². The van der Waals surface area contributed by atoms with Gasteiger partial charge in [0.2, 0.25) is 5.60 Å². The maximum Gasteiger partial charge on any atom is 0.411 e. The second-order valence-corrected chi connectivity index (χ2v) is 13.3. The number of hydrogen-bond acceptors (Lipinski definition) is 10. The van der Waals surface area contributed by atoms with Crippen LogP contribution in [0.25, 0.3) is 0 Å². The number of nitrogens with zero attached hydrogens (tertiary/aromatic N) is 4. The Morgan fingerprint density at radius 3 is 2.21 bits per heavy atom. The third kappa shape index (κ3) is 5.42. The van der Waals surface area contributed by atoms with Crippen LogP contribution in [0.2, 0.25) is 5.02 Å². The fraction of sp³-hybridized carbons (Fsp3) is 0.265. The molecule has 0 aliphatic carbocycles. The number of piperazine rings is 1. The van der Waals surface area contributed by atoms with Gasteiger partial charge in [0.1, 0.15) is 22.1 Å². The molecule has 0 radical (unpaired) electrons. The lowest BCUT2D eigenvalue weighted by Crippen LogP contribution is -2.53. The molecular weight excluding hydrogens is 660 g/mol. The maximum atomic E-state index is 15.0. The number of methoxy groups -OCH3 is 3. The van der Waals surface area contributed by atoms with Crippen molar-refractivity contribution in [2.24, 2.45) is 0 Å². The van der Waals surface area contributed by atoms with Gasteiger partial charge in [-0.1, -0.05) is 29.8 Å². The molecule has 0 spiro atoms. The van der Waals surface area contributed by atoms with Gasteiger partial charge in [0.15, 0.2) is 0 Å². The normalized spacial score (nSPS) is 17.6. The molecule has 48 heavy (non-hydrogen) atoms. The number of para-hydroxylation sites is 1. The molecule has 14 heteroatoms. The molecule has 2 aliphatic rings. The minimum absolute atomic E-state index is 0.0269. The van der Waals surface area contributed by atoms with Crippen molar-refractivity contribution in [3.05, 3.63) is 101 Å². The average Bonchev–Trinajstić information content (AvgIpc) is 3.35. The highest BCUT2D eigenvalue weighted by molar-refractivity contribution is 7.93. The van der Waals surface area contributed by atoms with Crippen molar-refractivity contribution >= 4 is 45.0 Å². The zero-order chi connectivity index (χ0) is 34.2. The number of amides is 2. The molecule has 3 heterocycles. The SMILES string of the molecule is COc1ccc(S(=O)(=O)N2C(=O)C(OC(=O)N3CCN(c4ccncc4)CC3)(c3ccccc3OC)c3cc(Cl)c(C)cc32)c(OC)c1. The Morgan fingerprint density at radius 2 is 1.54 bits per heavy atom. The van der Waals surface area contributed by atoms with Gasteiger partial charge in [0.05, 0.1) is 32.6 Å². The molecule has 1 fully saturated rings. The Labute approximate surface area is 283 Å². The van der Waals surface area contributed by atoms with Crippen LogP contribution in [0.3, 0.4) is 0 Å². The average molecular weight is 693 g/mol. The number of aryl methyl sites for hydroxylation is 1. The largest absolute Gasteiger partial charge is 0.497 e. The number of halogens is 1. The lowest BCUT2D eigenvalue weighted by molar-refractivity contribution is -0.132. The first-order valence-corrected chi connectivity index (χ1v) is 16.8. The van der Waals surface area contributed by atoms with Crippen LogP contribution < -0.4 is 23.4 Å². The van der Waals surface area contributed by atoms with E-state index in [2.05, 4.69) is 9.88 Å². The van der Waals surface area contributed by atoms with Crippen LogP contribution in [0.15, 0.2) is 84.0 Å². The summed E-state index contributed by atoms with van der Waals surface area (Å²) in [7, 11) is -0.537. The monoisotopic (exact) mass is 692 g/mol. The Morgan fingerprint density at radius 1 is 0.854 bits per heavy atom. The molecule has 250 valence electrons. The van der Waals surface area contributed by atoms with Gasteiger partial charge in [0, 0.05) is 60.9 Å². The van der Waals surface area contributed by atoms with Crippen molar-refractivity contribution in [2.45, 2.75) is 17.4 Å². The second kappa shape index (κ2) is 12.9. The molecule has 1 atom stereocenters. The van der Waals surface area contributed by atoms with E-state index in [0.717, 1.165) is 5.69 Å². The molecule has 1 saturated heterocycles. The van der Waals surface area contributed by atoms with Gasteiger partial charge in [-0.15, -0.1) is 0 Å². The molecule has 4 aromatic rings. The number of fused-ring (bicyclic) bond motifs is 1. The minimum Gasteiger partial charge on any atom is -0.497 e. The van der Waals surface area contributed by atoms with Crippen molar-refractivity contribution in [1.29, 1.82) is 0 Å². The summed E-state index contributed by atoms with van der Waals surface area (Å²) in [5.41, 5.74) is -0.677. The number of sulfonamides is 1. The van der Waals surface area contributed by atoms with E-state index >= 15 is 4.79 Å². The highest BCUT2D eigenvalue weighted by Crippen LogP contribution is 2.53. The van der Waals surface area contributed by atoms with Crippen molar-refractivity contribution in [3.8, 4) is 17.2 Å². The summed E-state index contributed by atoms with van der Waals surface area (Å²) in [4.78, 5) is 36.5. The third-order valence-corrected chi connectivity index (χ3v) is 10.7. The summed E-state index contributed by atoms with van der Waals surface area (Å²) in [6.07, 6.45) is 2.58. The van der Waals surface area contributed by atoms with Crippen LogP contribution in [0.5, 0.6) is 17.2 Å². The fourth-order valence-corrected chi connectivity index (χ4v) is 7.81. The van der Waals surface area contributed by atoms with Crippen LogP contribution in [0.4, 0.5) is 16.2 Å². The third-order valence-electron chi connectivity index (χ3n) is 8.54. The first-order chi connectivity index (χ1) is 23.1. The lowest BCUT2D eigenvalue weighted by Gasteiger charge is -2.38. The first-order valence-electron chi connectivity index (χ1n) is 15.0. The molecule has 12 nitrogen and oxygen atoms in total. The topological polar surface area (TPSA) is 128 Å². The Bertz CT molecular complexity index is 1990. The van der Waals surface area contributed by atoms with Gasteiger partial charge in [-0.25, -0.2) is 13.2 Å². The van der Waals surface area contributed by atoms with Gasteiger partial charge >= 0.3 is 6.09 Å². The highest BCUT2D eigenvalue weighted by Gasteiger charge is 2.61. The van der Waals surface area contributed by atoms with Crippen molar-refractivity contribution in [1.82, 2.24) is 9.88 Å². The van der Waals surface area contributed by atoms with Gasteiger partial charge in [-0.2, -0.15) is 4.31 Å². The lowest BCUT2D eigenvalue weighted by atomic mass is 9.86. The summed E-state index contributed by atoms with van der Waals surface area (Å²) < 4.78 is 52.4. The number of aromatic nitrogens is 1. The predicted molar refractivity (Wildman–Crippen MR) is 179 cm³/mol. The number of carbonyl (C=O) groups excluding carboxylic acids is 2. The van der Waals surface area contributed by atoms with E-state index in [4.69, 9.17) is 30.5 Å². The Hall–Kier alpha value is -5.01. The van der Waals surface area contributed by atoms with Crippen molar-refractivity contribution in [2.75, 3.05) is 56.7 Å². The zero-order valence-corrected chi connectivity index (χ0v) is 28.2. The molecule has 0 saturated carbocycles. The molecule has 3 aromatic carbocycles. The molecular formula is C34H33ClN4O8S. The molecule has 0 bridgehead atoms. The molecule has 0 N–H and O–H groups in total. The van der Waals surface area contributed by atoms with E-state index < -0.39 is 27.6 Å². The van der Waals surface area contributed by atoms with Crippen LogP contribution in [0.1, 0.15) is 16.7 Å². The van der Waals surface area contributed by atoms with E-state index in [1.54, 1.807) is 43.6 Å². The van der Waals surface area contributed by atoms with Gasteiger partial charge in [-0.3, -0.25) is 9.78 Å². The number of anilines is 2. The summed E-state index contributed by atoms with van der Waals surface area (Å²) in [5.74, 6) is -0.550. The van der Waals surface area contributed by atoms with Gasteiger partial charge in [-0.05, 0) is 55.0 Å². The van der Waals surface area contributed by atoms with Crippen LogP contribution in [0, 0.1) is 6.92 Å². The molecule has 1 unspecified atom stereocenters. The van der Waals surface area contributed by atoms with Gasteiger partial charge in [0.25, 0.3) is 15.9 Å². The molecule has 2 amide bonds. The molecule has 6 rings (SSSR count). The van der Waals surface area contributed by atoms with Crippen LogP contribution in [-0.2, 0) is 25.2 Å². The summed E-state index contributed by atoms with van der Waals surface area (Å²) in [6.45, 7) is 3.24.